The summed E-state index contributed by atoms with van der Waals surface area (Å²) in [5, 5.41) is 0. The van der Waals surface area contributed by atoms with Crippen molar-refractivity contribution in [3.8, 4) is 0 Å². The lowest BCUT2D eigenvalue weighted by molar-refractivity contribution is -0.167. The maximum atomic E-state index is 12.8. The molecule has 0 aliphatic heterocycles. The molecule has 0 rings (SSSR count). The summed E-state index contributed by atoms with van der Waals surface area (Å²) in [7, 11) is 0. The van der Waals surface area contributed by atoms with Crippen molar-refractivity contribution in [3.63, 3.8) is 0 Å². The van der Waals surface area contributed by atoms with E-state index in [0.29, 0.717) is 19.3 Å². The van der Waals surface area contributed by atoms with Crippen LogP contribution in [0.2, 0.25) is 0 Å². The molecule has 0 radical (unpaired) electrons. The second-order valence-corrected chi connectivity index (χ2v) is 17.8. The summed E-state index contributed by atoms with van der Waals surface area (Å²) in [6, 6.07) is 0. The summed E-state index contributed by atoms with van der Waals surface area (Å²) < 4.78 is 16.8. The van der Waals surface area contributed by atoms with Crippen LogP contribution in [-0.2, 0) is 28.6 Å². The molecule has 0 aromatic heterocycles. The van der Waals surface area contributed by atoms with Gasteiger partial charge < -0.3 is 14.2 Å². The largest absolute Gasteiger partial charge is 0.462 e. The van der Waals surface area contributed by atoms with E-state index in [2.05, 4.69) is 45.1 Å². The van der Waals surface area contributed by atoms with E-state index in [0.717, 1.165) is 77.0 Å². The Balaban J connectivity index is 4.27. The van der Waals surface area contributed by atoms with Crippen molar-refractivity contribution in [2.75, 3.05) is 13.2 Å². The van der Waals surface area contributed by atoms with Gasteiger partial charge in [-0.2, -0.15) is 0 Å². The van der Waals surface area contributed by atoms with Gasteiger partial charge in [-0.15, -0.1) is 0 Å². The molecule has 0 aliphatic rings. The van der Waals surface area contributed by atoms with Crippen molar-refractivity contribution in [2.24, 2.45) is 0 Å². The van der Waals surface area contributed by atoms with Gasteiger partial charge in [0.05, 0.1) is 0 Å². The van der Waals surface area contributed by atoms with Crippen molar-refractivity contribution in [1.29, 1.82) is 0 Å². The molecule has 6 nitrogen and oxygen atoms in total. The number of ether oxygens (including phenoxy) is 3. The van der Waals surface area contributed by atoms with E-state index in [4.69, 9.17) is 14.2 Å². The molecular formula is C54H100O6. The van der Waals surface area contributed by atoms with E-state index in [1.165, 1.54) is 167 Å². The zero-order valence-electron chi connectivity index (χ0n) is 40.2. The van der Waals surface area contributed by atoms with Crippen LogP contribution in [-0.4, -0.2) is 37.2 Å². The summed E-state index contributed by atoms with van der Waals surface area (Å²) >= 11 is 0. The first-order chi connectivity index (χ1) is 29.5. The van der Waals surface area contributed by atoms with E-state index in [1.807, 2.05) is 0 Å². The highest BCUT2D eigenvalue weighted by Gasteiger charge is 2.19. The Kier molecular flexibility index (Phi) is 47.8. The van der Waals surface area contributed by atoms with Gasteiger partial charge in [0.25, 0.3) is 0 Å². The number of rotatable bonds is 48. The van der Waals surface area contributed by atoms with Crippen molar-refractivity contribution in [1.82, 2.24) is 0 Å². The van der Waals surface area contributed by atoms with Crippen LogP contribution in [0.15, 0.2) is 24.3 Å². The zero-order valence-corrected chi connectivity index (χ0v) is 40.2. The Morgan fingerprint density at radius 2 is 0.650 bits per heavy atom. The molecule has 0 amide bonds. The third kappa shape index (κ3) is 46.9. The maximum Gasteiger partial charge on any atom is 0.306 e. The van der Waals surface area contributed by atoms with E-state index < -0.39 is 6.10 Å². The number of carbonyl (C=O) groups is 3. The third-order valence-corrected chi connectivity index (χ3v) is 11.7. The quantitative estimate of drug-likeness (QED) is 0.0263. The van der Waals surface area contributed by atoms with Gasteiger partial charge in [-0.3, -0.25) is 14.4 Å². The Hall–Kier alpha value is -2.11. The van der Waals surface area contributed by atoms with Gasteiger partial charge in [0.15, 0.2) is 6.10 Å². The van der Waals surface area contributed by atoms with Crippen LogP contribution in [0.4, 0.5) is 0 Å². The Morgan fingerprint density at radius 3 is 1.00 bits per heavy atom. The topological polar surface area (TPSA) is 78.9 Å². The van der Waals surface area contributed by atoms with E-state index >= 15 is 0 Å². The highest BCUT2D eigenvalue weighted by molar-refractivity contribution is 5.71. The zero-order chi connectivity index (χ0) is 43.7. The molecule has 352 valence electrons. The number of esters is 3. The molecule has 6 heteroatoms. The second kappa shape index (κ2) is 49.5. The van der Waals surface area contributed by atoms with Crippen molar-refractivity contribution in [2.45, 2.75) is 290 Å². The lowest BCUT2D eigenvalue weighted by Gasteiger charge is -2.18. The first-order valence-electron chi connectivity index (χ1n) is 26.3. The fourth-order valence-electron chi connectivity index (χ4n) is 7.78. The molecule has 0 saturated carbocycles. The minimum atomic E-state index is -0.768. The average molecular weight is 845 g/mol. The summed E-state index contributed by atoms with van der Waals surface area (Å²) in [4.78, 5) is 37.9. The van der Waals surface area contributed by atoms with E-state index in [-0.39, 0.29) is 31.1 Å². The van der Waals surface area contributed by atoms with Crippen LogP contribution < -0.4 is 0 Å². The molecule has 1 unspecified atom stereocenters. The summed E-state index contributed by atoms with van der Waals surface area (Å²) in [6.45, 7) is 6.55. The first kappa shape index (κ1) is 57.9. The molecule has 0 aromatic rings. The van der Waals surface area contributed by atoms with Crippen LogP contribution >= 0.6 is 0 Å². The van der Waals surface area contributed by atoms with Crippen LogP contribution in [0.5, 0.6) is 0 Å². The predicted octanol–water partition coefficient (Wildman–Crippen LogP) is 17.2. The lowest BCUT2D eigenvalue weighted by Crippen LogP contribution is -2.30. The standard InChI is InChI=1S/C54H100O6/c1-4-7-10-13-16-19-22-24-26-27-28-29-31-32-35-38-41-44-47-53(56)59-50-51(49-58-52(55)46-43-40-37-34-21-18-15-12-9-6-3)60-54(57)48-45-42-39-36-33-30-25-23-20-17-14-11-8-5-2/h8,11,17,20,51H,4-7,9-10,12-16,18-19,21-50H2,1-3H3/b11-8-,20-17-. The maximum absolute atomic E-state index is 12.8. The smallest absolute Gasteiger partial charge is 0.306 e. The molecule has 0 bridgehead atoms. The van der Waals surface area contributed by atoms with Gasteiger partial charge >= 0.3 is 17.9 Å². The van der Waals surface area contributed by atoms with E-state index in [9.17, 15) is 14.4 Å². The fraction of sp³-hybridized carbons (Fsp3) is 0.870. The average Bonchev–Trinajstić information content (AvgIpc) is 3.24. The fourth-order valence-corrected chi connectivity index (χ4v) is 7.78. The number of hydrogen-bond donors (Lipinski definition) is 0. The molecule has 1 atom stereocenters. The van der Waals surface area contributed by atoms with Crippen molar-refractivity contribution in [3.05, 3.63) is 24.3 Å². The van der Waals surface area contributed by atoms with Gasteiger partial charge in [0, 0.05) is 19.3 Å². The third-order valence-electron chi connectivity index (χ3n) is 11.7. The van der Waals surface area contributed by atoms with Gasteiger partial charge in [0.2, 0.25) is 0 Å². The molecule has 0 N–H and O–H groups in total. The number of hydrogen-bond acceptors (Lipinski definition) is 6. The lowest BCUT2D eigenvalue weighted by atomic mass is 10.0. The molecule has 0 aromatic carbocycles. The Bertz CT molecular complexity index is 973. The molecule has 0 saturated heterocycles. The Morgan fingerprint density at radius 1 is 0.350 bits per heavy atom. The number of carbonyl (C=O) groups excluding carboxylic acids is 3. The van der Waals surface area contributed by atoms with Gasteiger partial charge in [-0.05, 0) is 44.9 Å². The monoisotopic (exact) mass is 845 g/mol. The minimum absolute atomic E-state index is 0.0697. The van der Waals surface area contributed by atoms with E-state index in [1.54, 1.807) is 0 Å². The van der Waals surface area contributed by atoms with Crippen LogP contribution in [0.3, 0.4) is 0 Å². The number of allylic oxidation sites excluding steroid dienone is 4. The highest BCUT2D eigenvalue weighted by Crippen LogP contribution is 2.16. The van der Waals surface area contributed by atoms with Crippen LogP contribution in [0.25, 0.3) is 0 Å². The molecule has 0 fully saturated rings. The van der Waals surface area contributed by atoms with Crippen LogP contribution in [0, 0.1) is 0 Å². The molecular weight excluding hydrogens is 745 g/mol. The van der Waals surface area contributed by atoms with Gasteiger partial charge in [-0.1, -0.05) is 244 Å². The predicted molar refractivity (Wildman–Crippen MR) is 256 cm³/mol. The SMILES string of the molecule is CC/C=C\C/C=C\CCCCCCCCCC(=O)OC(COC(=O)CCCCCCCCCCCC)COC(=O)CCCCCCCCCCCCCCCCCCCC. The molecule has 60 heavy (non-hydrogen) atoms. The van der Waals surface area contributed by atoms with Crippen LogP contribution in [0.1, 0.15) is 284 Å². The number of unbranched alkanes of at least 4 members (excludes halogenated alkanes) is 33. The van der Waals surface area contributed by atoms with Gasteiger partial charge in [-0.25, -0.2) is 0 Å². The van der Waals surface area contributed by atoms with Crippen molar-refractivity contribution < 1.29 is 28.6 Å². The Labute approximate surface area is 373 Å². The summed E-state index contributed by atoms with van der Waals surface area (Å²) in [5.41, 5.74) is 0. The molecule has 0 spiro atoms. The first-order valence-corrected chi connectivity index (χ1v) is 26.3. The normalized spacial score (nSPS) is 12.1. The minimum Gasteiger partial charge on any atom is -0.462 e. The highest BCUT2D eigenvalue weighted by atomic mass is 16.6. The molecule has 0 heterocycles. The summed E-state index contributed by atoms with van der Waals surface area (Å²) in [6.07, 6.45) is 55.9. The summed E-state index contributed by atoms with van der Waals surface area (Å²) in [5.74, 6) is -0.865. The van der Waals surface area contributed by atoms with Gasteiger partial charge in [0.1, 0.15) is 13.2 Å². The molecule has 0 aliphatic carbocycles. The second-order valence-electron chi connectivity index (χ2n) is 17.8. The van der Waals surface area contributed by atoms with Crippen molar-refractivity contribution >= 4 is 17.9 Å².